The lowest BCUT2D eigenvalue weighted by atomic mass is 10.1. The molecule has 1 heterocycles. The summed E-state index contributed by atoms with van der Waals surface area (Å²) in [6.07, 6.45) is -0.735. The van der Waals surface area contributed by atoms with Crippen molar-refractivity contribution in [3.05, 3.63) is 59.3 Å². The lowest BCUT2D eigenvalue weighted by molar-refractivity contribution is 0.175. The van der Waals surface area contributed by atoms with E-state index in [1.807, 2.05) is 50.2 Å². The highest BCUT2D eigenvalue weighted by molar-refractivity contribution is 5.88. The Morgan fingerprint density at radius 1 is 1.24 bits per heavy atom. The molecule has 0 bridgehead atoms. The van der Waals surface area contributed by atoms with Gasteiger partial charge in [-0.2, -0.15) is 0 Å². The molecule has 0 aliphatic carbocycles. The Bertz CT molecular complexity index is 628. The van der Waals surface area contributed by atoms with Gasteiger partial charge in [0.25, 0.3) is 0 Å². The van der Waals surface area contributed by atoms with Crippen LogP contribution in [0, 0.1) is 13.8 Å². The molecule has 0 unspecified atom stereocenters. The molecule has 2 aromatic rings. The highest BCUT2D eigenvalue weighted by atomic mass is 16.3. The van der Waals surface area contributed by atoms with Crippen LogP contribution < -0.4 is 10.6 Å². The van der Waals surface area contributed by atoms with E-state index in [1.165, 1.54) is 0 Å². The maximum atomic E-state index is 11.8. The lowest BCUT2D eigenvalue weighted by Gasteiger charge is -2.13. The Morgan fingerprint density at radius 2 is 2.00 bits per heavy atom. The van der Waals surface area contributed by atoms with Crippen molar-refractivity contribution in [2.24, 2.45) is 0 Å². The molecule has 110 valence electrons. The van der Waals surface area contributed by atoms with Gasteiger partial charge in [-0.15, -0.1) is 0 Å². The monoisotopic (exact) mass is 285 g/mol. The number of nitrogens with zero attached hydrogens (tertiary/aromatic N) is 1. The highest BCUT2D eigenvalue weighted by Crippen LogP contribution is 2.13. The maximum Gasteiger partial charge on any atom is 0.320 e. The van der Waals surface area contributed by atoms with Crippen LogP contribution in [-0.4, -0.2) is 22.7 Å². The largest absolute Gasteiger partial charge is 0.387 e. The number of aryl methyl sites for hydroxylation is 2. The Morgan fingerprint density at radius 3 is 2.71 bits per heavy atom. The third-order valence-electron chi connectivity index (χ3n) is 3.01. The molecular weight excluding hydrogens is 266 g/mol. The second-order valence-corrected chi connectivity index (χ2v) is 4.93. The molecule has 1 aromatic carbocycles. The van der Waals surface area contributed by atoms with Crippen LogP contribution in [0.2, 0.25) is 0 Å². The summed E-state index contributed by atoms with van der Waals surface area (Å²) in [5, 5.41) is 15.3. The van der Waals surface area contributed by atoms with Gasteiger partial charge >= 0.3 is 6.03 Å². The second kappa shape index (κ2) is 6.85. The van der Waals surface area contributed by atoms with Crippen molar-refractivity contribution in [3.63, 3.8) is 0 Å². The van der Waals surface area contributed by atoms with E-state index in [2.05, 4.69) is 15.6 Å². The molecule has 5 heteroatoms. The van der Waals surface area contributed by atoms with Gasteiger partial charge in [0, 0.05) is 12.2 Å². The number of aliphatic hydroxyl groups excluding tert-OH is 1. The summed E-state index contributed by atoms with van der Waals surface area (Å²) in [5.41, 5.74) is 2.68. The summed E-state index contributed by atoms with van der Waals surface area (Å²) in [7, 11) is 0. The Kier molecular flexibility index (Phi) is 4.90. The number of urea groups is 1. The summed E-state index contributed by atoms with van der Waals surface area (Å²) >= 11 is 0. The summed E-state index contributed by atoms with van der Waals surface area (Å²) in [6, 6.07) is 12.6. The zero-order valence-electron chi connectivity index (χ0n) is 12.1. The van der Waals surface area contributed by atoms with Crippen molar-refractivity contribution < 1.29 is 9.90 Å². The number of rotatable bonds is 4. The van der Waals surface area contributed by atoms with Gasteiger partial charge in [-0.3, -0.25) is 5.32 Å². The van der Waals surface area contributed by atoms with Gasteiger partial charge in [-0.05, 0) is 31.5 Å². The first-order valence-electron chi connectivity index (χ1n) is 6.78. The Labute approximate surface area is 124 Å². The van der Waals surface area contributed by atoms with E-state index in [0.717, 1.165) is 16.8 Å². The minimum atomic E-state index is -0.735. The van der Waals surface area contributed by atoms with Crippen LogP contribution in [0.3, 0.4) is 0 Å². The third kappa shape index (κ3) is 4.57. The van der Waals surface area contributed by atoms with Gasteiger partial charge in [0.2, 0.25) is 0 Å². The zero-order valence-corrected chi connectivity index (χ0v) is 12.1. The molecule has 0 aliphatic rings. The number of nitrogens with one attached hydrogen (secondary N) is 2. The molecule has 21 heavy (non-hydrogen) atoms. The molecule has 3 N–H and O–H groups in total. The molecule has 0 saturated heterocycles. The summed E-state index contributed by atoms with van der Waals surface area (Å²) < 4.78 is 0. The van der Waals surface area contributed by atoms with E-state index in [9.17, 15) is 9.90 Å². The number of carbonyl (C=O) groups excluding carboxylic acids is 1. The SMILES string of the molecule is Cc1cccc([C@H](O)CNC(=O)Nc2cccc(C)n2)c1. The van der Waals surface area contributed by atoms with Crippen LogP contribution >= 0.6 is 0 Å². The molecule has 1 aromatic heterocycles. The molecule has 0 spiro atoms. The molecule has 1 atom stereocenters. The topological polar surface area (TPSA) is 74.2 Å². The van der Waals surface area contributed by atoms with Gasteiger partial charge in [0.15, 0.2) is 0 Å². The van der Waals surface area contributed by atoms with Crippen molar-refractivity contribution in [1.82, 2.24) is 10.3 Å². The average Bonchev–Trinajstić information content (AvgIpc) is 2.45. The molecule has 0 radical (unpaired) electrons. The summed E-state index contributed by atoms with van der Waals surface area (Å²) in [5.74, 6) is 0.484. The first-order valence-corrected chi connectivity index (χ1v) is 6.78. The normalized spacial score (nSPS) is 11.8. The van der Waals surface area contributed by atoms with Crippen molar-refractivity contribution >= 4 is 11.8 Å². The number of pyridine rings is 1. The summed E-state index contributed by atoms with van der Waals surface area (Å²) in [4.78, 5) is 15.9. The molecule has 0 saturated carbocycles. The van der Waals surface area contributed by atoms with Crippen LogP contribution in [0.1, 0.15) is 22.9 Å². The van der Waals surface area contributed by atoms with E-state index in [4.69, 9.17) is 0 Å². The summed E-state index contributed by atoms with van der Waals surface area (Å²) in [6.45, 7) is 3.95. The smallest absolute Gasteiger partial charge is 0.320 e. The van der Waals surface area contributed by atoms with E-state index >= 15 is 0 Å². The molecule has 2 amide bonds. The Balaban J connectivity index is 1.86. The van der Waals surface area contributed by atoms with Crippen molar-refractivity contribution in [2.45, 2.75) is 20.0 Å². The molecule has 0 aliphatic heterocycles. The first kappa shape index (κ1) is 15.0. The first-order chi connectivity index (χ1) is 10.0. The number of aliphatic hydroxyl groups is 1. The number of carbonyl (C=O) groups is 1. The van der Waals surface area contributed by atoms with Gasteiger partial charge < -0.3 is 10.4 Å². The van der Waals surface area contributed by atoms with Gasteiger partial charge in [0.1, 0.15) is 5.82 Å². The molecule has 0 fully saturated rings. The second-order valence-electron chi connectivity index (χ2n) is 4.93. The predicted molar refractivity (Wildman–Crippen MR) is 82.1 cm³/mol. The highest BCUT2D eigenvalue weighted by Gasteiger charge is 2.10. The number of hydrogen-bond donors (Lipinski definition) is 3. The van der Waals surface area contributed by atoms with Gasteiger partial charge in [0.05, 0.1) is 6.10 Å². The van der Waals surface area contributed by atoms with Gasteiger partial charge in [-0.25, -0.2) is 9.78 Å². The average molecular weight is 285 g/mol. The van der Waals surface area contributed by atoms with Crippen LogP contribution in [-0.2, 0) is 0 Å². The maximum absolute atomic E-state index is 11.8. The van der Waals surface area contributed by atoms with Crippen LogP contribution in [0.25, 0.3) is 0 Å². The fourth-order valence-electron chi connectivity index (χ4n) is 1.96. The van der Waals surface area contributed by atoms with Crippen LogP contribution in [0.4, 0.5) is 10.6 Å². The fourth-order valence-corrected chi connectivity index (χ4v) is 1.96. The molecule has 5 nitrogen and oxygen atoms in total. The lowest BCUT2D eigenvalue weighted by Crippen LogP contribution is -2.32. The quantitative estimate of drug-likeness (QED) is 0.808. The fraction of sp³-hybridized carbons (Fsp3) is 0.250. The van der Waals surface area contributed by atoms with Gasteiger partial charge in [-0.1, -0.05) is 35.9 Å². The molecular formula is C16H19N3O2. The van der Waals surface area contributed by atoms with Crippen LogP contribution in [0.15, 0.2) is 42.5 Å². The number of benzene rings is 1. The number of aromatic nitrogens is 1. The van der Waals surface area contributed by atoms with Crippen molar-refractivity contribution in [1.29, 1.82) is 0 Å². The third-order valence-corrected chi connectivity index (χ3v) is 3.01. The number of amides is 2. The minimum absolute atomic E-state index is 0.140. The number of anilines is 1. The van der Waals surface area contributed by atoms with E-state index in [-0.39, 0.29) is 12.6 Å². The number of hydrogen-bond acceptors (Lipinski definition) is 3. The minimum Gasteiger partial charge on any atom is -0.387 e. The van der Waals surface area contributed by atoms with E-state index in [1.54, 1.807) is 6.07 Å². The van der Waals surface area contributed by atoms with E-state index < -0.39 is 6.10 Å². The van der Waals surface area contributed by atoms with E-state index in [0.29, 0.717) is 5.82 Å². The van der Waals surface area contributed by atoms with Crippen LogP contribution in [0.5, 0.6) is 0 Å². The van der Waals surface area contributed by atoms with Crippen molar-refractivity contribution in [3.8, 4) is 0 Å². The Hall–Kier alpha value is -2.40. The molecule has 2 rings (SSSR count). The van der Waals surface area contributed by atoms with Crippen molar-refractivity contribution in [2.75, 3.05) is 11.9 Å². The predicted octanol–water partition coefficient (Wildman–Crippen LogP) is 2.55. The zero-order chi connectivity index (χ0) is 15.2. The standard InChI is InChI=1S/C16H19N3O2/c1-11-5-3-7-13(9-11)14(20)10-17-16(21)19-15-8-4-6-12(2)18-15/h3-9,14,20H,10H2,1-2H3,(H2,17,18,19,21)/t14-/m1/s1.